The maximum atomic E-state index is 11.9. The molecular formula is C11H22N2O4S. The molecule has 1 rings (SSSR count). The summed E-state index contributed by atoms with van der Waals surface area (Å²) in [5, 5.41) is 8.55. The summed E-state index contributed by atoms with van der Waals surface area (Å²) in [4.78, 5) is 10.4. The predicted octanol–water partition coefficient (Wildman–Crippen LogP) is 0.808. The van der Waals surface area contributed by atoms with E-state index in [0.717, 1.165) is 19.3 Å². The molecule has 0 aromatic heterocycles. The first-order chi connectivity index (χ1) is 8.42. The fraction of sp³-hybridized carbons (Fsp3) is 0.909. The number of hydrogen-bond acceptors (Lipinski definition) is 3. The van der Waals surface area contributed by atoms with Gasteiger partial charge >= 0.3 is 5.97 Å². The molecule has 1 unspecified atom stereocenters. The third-order valence-corrected chi connectivity index (χ3v) is 4.70. The highest BCUT2D eigenvalue weighted by molar-refractivity contribution is 7.87. The Labute approximate surface area is 109 Å². The Morgan fingerprint density at radius 2 is 1.94 bits per heavy atom. The molecule has 0 amide bonds. The zero-order valence-corrected chi connectivity index (χ0v) is 11.6. The fourth-order valence-electron chi connectivity index (χ4n) is 1.92. The van der Waals surface area contributed by atoms with Crippen LogP contribution in [-0.2, 0) is 15.0 Å². The molecule has 0 aromatic carbocycles. The minimum atomic E-state index is -3.38. The van der Waals surface area contributed by atoms with E-state index in [2.05, 4.69) is 4.72 Å². The number of carboxylic acid groups (broad SMARTS) is 1. The Morgan fingerprint density at radius 3 is 2.50 bits per heavy atom. The van der Waals surface area contributed by atoms with Crippen molar-refractivity contribution in [1.29, 1.82) is 0 Å². The van der Waals surface area contributed by atoms with Crippen molar-refractivity contribution in [2.75, 3.05) is 19.6 Å². The van der Waals surface area contributed by atoms with Gasteiger partial charge in [0.2, 0.25) is 0 Å². The summed E-state index contributed by atoms with van der Waals surface area (Å²) in [6.45, 7) is 3.31. The summed E-state index contributed by atoms with van der Waals surface area (Å²) in [5.74, 6) is -0.818. The Hall–Kier alpha value is -0.660. The Balaban J connectivity index is 2.34. The summed E-state index contributed by atoms with van der Waals surface area (Å²) < 4.78 is 27.9. The second-order valence-corrected chi connectivity index (χ2v) is 6.61. The van der Waals surface area contributed by atoms with Gasteiger partial charge in [0.25, 0.3) is 10.2 Å². The zero-order chi connectivity index (χ0) is 13.6. The van der Waals surface area contributed by atoms with Gasteiger partial charge in [-0.2, -0.15) is 12.7 Å². The molecule has 0 spiro atoms. The van der Waals surface area contributed by atoms with Crippen LogP contribution in [0.4, 0.5) is 0 Å². The number of carbonyl (C=O) groups is 1. The minimum absolute atomic E-state index is 0.0284. The highest BCUT2D eigenvalue weighted by Gasteiger charge is 2.23. The van der Waals surface area contributed by atoms with Crippen LogP contribution >= 0.6 is 0 Å². The van der Waals surface area contributed by atoms with Crippen molar-refractivity contribution in [1.82, 2.24) is 9.03 Å². The summed E-state index contributed by atoms with van der Waals surface area (Å²) in [6.07, 6.45) is 3.47. The molecule has 0 radical (unpaired) electrons. The van der Waals surface area contributed by atoms with Gasteiger partial charge in [0.05, 0.1) is 0 Å². The summed E-state index contributed by atoms with van der Waals surface area (Å²) in [5.41, 5.74) is 0. The second kappa shape index (κ2) is 7.06. The lowest BCUT2D eigenvalue weighted by molar-refractivity contribution is -0.137. The lowest BCUT2D eigenvalue weighted by Crippen LogP contribution is -2.44. The van der Waals surface area contributed by atoms with Crippen LogP contribution in [0.25, 0.3) is 0 Å². The average Bonchev–Trinajstić information content (AvgIpc) is 2.35. The van der Waals surface area contributed by atoms with Crippen LogP contribution in [0.15, 0.2) is 0 Å². The van der Waals surface area contributed by atoms with Gasteiger partial charge in [-0.05, 0) is 25.2 Å². The van der Waals surface area contributed by atoms with Crippen molar-refractivity contribution in [3.8, 4) is 0 Å². The first-order valence-corrected chi connectivity index (χ1v) is 7.82. The van der Waals surface area contributed by atoms with Crippen LogP contribution in [-0.4, -0.2) is 43.4 Å². The van der Waals surface area contributed by atoms with Crippen LogP contribution in [0.2, 0.25) is 0 Å². The van der Waals surface area contributed by atoms with E-state index in [4.69, 9.17) is 5.11 Å². The summed E-state index contributed by atoms with van der Waals surface area (Å²) in [6, 6.07) is 0. The van der Waals surface area contributed by atoms with Crippen molar-refractivity contribution in [2.24, 2.45) is 5.92 Å². The van der Waals surface area contributed by atoms with E-state index in [0.29, 0.717) is 26.1 Å². The van der Waals surface area contributed by atoms with Gasteiger partial charge in [-0.25, -0.2) is 4.72 Å². The monoisotopic (exact) mass is 278 g/mol. The normalized spacial score (nSPS) is 19.6. The van der Waals surface area contributed by atoms with Crippen molar-refractivity contribution >= 4 is 16.2 Å². The number of aliphatic carboxylic acids is 1. The lowest BCUT2D eigenvalue weighted by Gasteiger charge is -2.26. The molecule has 1 fully saturated rings. The van der Waals surface area contributed by atoms with Crippen LogP contribution in [0, 0.1) is 5.92 Å². The molecule has 18 heavy (non-hydrogen) atoms. The molecule has 6 nitrogen and oxygen atoms in total. The smallest absolute Gasteiger partial charge is 0.303 e. The van der Waals surface area contributed by atoms with Gasteiger partial charge < -0.3 is 5.11 Å². The lowest BCUT2D eigenvalue weighted by atomic mass is 10.1. The van der Waals surface area contributed by atoms with Gasteiger partial charge in [0.1, 0.15) is 0 Å². The van der Waals surface area contributed by atoms with Crippen LogP contribution in [0.3, 0.4) is 0 Å². The largest absolute Gasteiger partial charge is 0.481 e. The number of hydrogen-bond donors (Lipinski definition) is 2. The van der Waals surface area contributed by atoms with Crippen LogP contribution < -0.4 is 4.72 Å². The number of nitrogens with zero attached hydrogens (tertiary/aromatic N) is 1. The fourth-order valence-corrected chi connectivity index (χ4v) is 3.33. The van der Waals surface area contributed by atoms with E-state index in [1.54, 1.807) is 0 Å². The van der Waals surface area contributed by atoms with E-state index in [9.17, 15) is 13.2 Å². The molecule has 1 aliphatic heterocycles. The molecule has 1 atom stereocenters. The minimum Gasteiger partial charge on any atom is -0.481 e. The standard InChI is InChI=1S/C11H22N2O4S/c1-10(5-6-11(14)15)9-12-18(16,17)13-7-3-2-4-8-13/h10,12H,2-9H2,1H3,(H,14,15). The molecule has 106 valence electrons. The Bertz CT molecular complexity index is 363. The summed E-state index contributed by atoms with van der Waals surface area (Å²) >= 11 is 0. The molecule has 1 saturated heterocycles. The molecule has 1 heterocycles. The highest BCUT2D eigenvalue weighted by Crippen LogP contribution is 2.12. The van der Waals surface area contributed by atoms with Crippen LogP contribution in [0.1, 0.15) is 39.0 Å². The van der Waals surface area contributed by atoms with Crippen molar-refractivity contribution < 1.29 is 18.3 Å². The second-order valence-electron chi connectivity index (χ2n) is 4.85. The first kappa shape index (κ1) is 15.4. The first-order valence-electron chi connectivity index (χ1n) is 6.38. The highest BCUT2D eigenvalue weighted by atomic mass is 32.2. The van der Waals surface area contributed by atoms with Crippen LogP contribution in [0.5, 0.6) is 0 Å². The third-order valence-electron chi connectivity index (χ3n) is 3.12. The predicted molar refractivity (Wildman–Crippen MR) is 68.4 cm³/mol. The molecule has 2 N–H and O–H groups in total. The van der Waals surface area contributed by atoms with Gasteiger partial charge in [-0.1, -0.05) is 13.3 Å². The van der Waals surface area contributed by atoms with Crippen molar-refractivity contribution in [3.05, 3.63) is 0 Å². The van der Waals surface area contributed by atoms with E-state index >= 15 is 0 Å². The van der Waals surface area contributed by atoms with Gasteiger partial charge in [0, 0.05) is 26.1 Å². The SMILES string of the molecule is CC(CCC(=O)O)CNS(=O)(=O)N1CCCCC1. The van der Waals surface area contributed by atoms with Crippen molar-refractivity contribution in [3.63, 3.8) is 0 Å². The number of nitrogens with one attached hydrogen (secondary N) is 1. The van der Waals surface area contributed by atoms with E-state index in [1.165, 1.54) is 4.31 Å². The number of piperidine rings is 1. The number of carboxylic acids is 1. The topological polar surface area (TPSA) is 86.7 Å². The molecule has 1 aliphatic rings. The molecule has 7 heteroatoms. The zero-order valence-electron chi connectivity index (χ0n) is 10.8. The molecule has 0 aliphatic carbocycles. The number of rotatable bonds is 7. The van der Waals surface area contributed by atoms with Crippen molar-refractivity contribution in [2.45, 2.75) is 39.0 Å². The van der Waals surface area contributed by atoms with E-state index < -0.39 is 16.2 Å². The Kier molecular flexibility index (Phi) is 6.04. The van der Waals surface area contributed by atoms with E-state index in [-0.39, 0.29) is 12.3 Å². The molecular weight excluding hydrogens is 256 g/mol. The van der Waals surface area contributed by atoms with Gasteiger partial charge in [0.15, 0.2) is 0 Å². The maximum absolute atomic E-state index is 11.9. The van der Waals surface area contributed by atoms with Gasteiger partial charge in [-0.15, -0.1) is 0 Å². The quantitative estimate of drug-likeness (QED) is 0.721. The maximum Gasteiger partial charge on any atom is 0.303 e. The molecule has 0 aromatic rings. The average molecular weight is 278 g/mol. The van der Waals surface area contributed by atoms with E-state index in [1.807, 2.05) is 6.92 Å². The summed E-state index contributed by atoms with van der Waals surface area (Å²) in [7, 11) is -3.38. The Morgan fingerprint density at radius 1 is 1.33 bits per heavy atom. The third kappa shape index (κ3) is 5.32. The molecule has 0 saturated carbocycles. The molecule has 0 bridgehead atoms. The van der Waals surface area contributed by atoms with Gasteiger partial charge in [-0.3, -0.25) is 4.79 Å².